The minimum absolute atomic E-state index is 0.157. The summed E-state index contributed by atoms with van der Waals surface area (Å²) in [5, 5.41) is 0. The number of hydrogen-bond acceptors (Lipinski definition) is 2. The number of nitrogens with zero attached hydrogens (tertiary/aromatic N) is 2. The van der Waals surface area contributed by atoms with Crippen molar-refractivity contribution in [1.29, 1.82) is 0 Å². The van der Waals surface area contributed by atoms with Crippen LogP contribution in [0.3, 0.4) is 0 Å². The fourth-order valence-electron chi connectivity index (χ4n) is 3.61. The SMILES string of the molecule is O=C([C@@H]1C[C@H]1c1ccccc1)N1CCN(c2ccc(F)cc2)CC1. The standard InChI is InChI=1S/C20H21FN2O/c21-16-6-8-17(9-7-16)22-10-12-23(13-11-22)20(24)19-14-18(19)15-4-2-1-3-5-15/h1-9,18-19H,10-14H2/t18-,19+/m0/s1. The van der Waals surface area contributed by atoms with E-state index in [2.05, 4.69) is 17.0 Å². The molecule has 3 nitrogen and oxygen atoms in total. The first-order valence-electron chi connectivity index (χ1n) is 8.56. The summed E-state index contributed by atoms with van der Waals surface area (Å²) in [6.07, 6.45) is 0.973. The molecule has 0 aromatic heterocycles. The zero-order valence-electron chi connectivity index (χ0n) is 13.6. The van der Waals surface area contributed by atoms with E-state index < -0.39 is 0 Å². The van der Waals surface area contributed by atoms with E-state index in [0.717, 1.165) is 38.3 Å². The average Bonchev–Trinajstić information content (AvgIpc) is 3.43. The molecule has 2 aliphatic rings. The lowest BCUT2D eigenvalue weighted by atomic mass is 10.1. The molecular formula is C20H21FN2O. The molecule has 0 bridgehead atoms. The van der Waals surface area contributed by atoms with Gasteiger partial charge in [-0.1, -0.05) is 30.3 Å². The highest BCUT2D eigenvalue weighted by molar-refractivity contribution is 5.83. The van der Waals surface area contributed by atoms with Gasteiger partial charge in [-0.25, -0.2) is 4.39 Å². The third kappa shape index (κ3) is 3.01. The van der Waals surface area contributed by atoms with Gasteiger partial charge in [-0.15, -0.1) is 0 Å². The van der Waals surface area contributed by atoms with Gasteiger partial charge < -0.3 is 9.80 Å². The number of carbonyl (C=O) groups is 1. The van der Waals surface area contributed by atoms with Gasteiger partial charge in [0.05, 0.1) is 0 Å². The molecule has 1 aliphatic carbocycles. The Labute approximate surface area is 141 Å². The van der Waals surface area contributed by atoms with Gasteiger partial charge in [-0.05, 0) is 42.2 Å². The highest BCUT2D eigenvalue weighted by Gasteiger charge is 2.45. The number of piperazine rings is 1. The monoisotopic (exact) mass is 324 g/mol. The smallest absolute Gasteiger partial charge is 0.226 e. The lowest BCUT2D eigenvalue weighted by molar-refractivity contribution is -0.132. The van der Waals surface area contributed by atoms with E-state index in [1.165, 1.54) is 17.7 Å². The lowest BCUT2D eigenvalue weighted by Gasteiger charge is -2.36. The Hall–Kier alpha value is -2.36. The van der Waals surface area contributed by atoms with E-state index in [0.29, 0.717) is 11.8 Å². The van der Waals surface area contributed by atoms with Crippen molar-refractivity contribution >= 4 is 11.6 Å². The Morgan fingerprint density at radius 3 is 2.25 bits per heavy atom. The Bertz CT molecular complexity index is 708. The summed E-state index contributed by atoms with van der Waals surface area (Å²) >= 11 is 0. The number of benzene rings is 2. The summed E-state index contributed by atoms with van der Waals surface area (Å²) in [6.45, 7) is 3.10. The Balaban J connectivity index is 1.33. The summed E-state index contributed by atoms with van der Waals surface area (Å²) < 4.78 is 13.0. The molecule has 1 aliphatic heterocycles. The van der Waals surface area contributed by atoms with Crippen molar-refractivity contribution in [3.63, 3.8) is 0 Å². The first-order valence-corrected chi connectivity index (χ1v) is 8.56. The molecule has 2 atom stereocenters. The molecule has 2 aromatic carbocycles. The van der Waals surface area contributed by atoms with Gasteiger partial charge in [0, 0.05) is 37.8 Å². The molecule has 1 heterocycles. The van der Waals surface area contributed by atoms with Crippen LogP contribution >= 0.6 is 0 Å². The van der Waals surface area contributed by atoms with Crippen LogP contribution in [0.1, 0.15) is 17.9 Å². The number of amides is 1. The maximum Gasteiger partial charge on any atom is 0.226 e. The first-order chi connectivity index (χ1) is 11.7. The first kappa shape index (κ1) is 15.2. The molecule has 0 radical (unpaired) electrons. The minimum Gasteiger partial charge on any atom is -0.368 e. The van der Waals surface area contributed by atoms with E-state index in [9.17, 15) is 9.18 Å². The third-order valence-electron chi connectivity index (χ3n) is 5.12. The maximum absolute atomic E-state index is 13.0. The van der Waals surface area contributed by atoms with E-state index in [1.54, 1.807) is 12.1 Å². The fraction of sp³-hybridized carbons (Fsp3) is 0.350. The molecule has 2 aromatic rings. The predicted octanol–water partition coefficient (Wildman–Crippen LogP) is 3.28. The van der Waals surface area contributed by atoms with Gasteiger partial charge in [-0.3, -0.25) is 4.79 Å². The maximum atomic E-state index is 13.0. The molecule has 1 amide bonds. The van der Waals surface area contributed by atoms with Crippen molar-refractivity contribution in [2.45, 2.75) is 12.3 Å². The Kier molecular flexibility index (Phi) is 3.97. The zero-order valence-corrected chi connectivity index (χ0v) is 13.6. The van der Waals surface area contributed by atoms with Gasteiger partial charge in [0.2, 0.25) is 5.91 Å². The number of hydrogen-bond donors (Lipinski definition) is 0. The number of carbonyl (C=O) groups excluding carboxylic acids is 1. The van der Waals surface area contributed by atoms with Gasteiger partial charge in [-0.2, -0.15) is 0 Å². The summed E-state index contributed by atoms with van der Waals surface area (Å²) in [7, 11) is 0. The van der Waals surface area contributed by atoms with Crippen LogP contribution in [0.4, 0.5) is 10.1 Å². The van der Waals surface area contributed by atoms with Crippen LogP contribution in [-0.2, 0) is 4.79 Å². The van der Waals surface area contributed by atoms with Crippen molar-refractivity contribution in [3.05, 3.63) is 66.0 Å². The largest absolute Gasteiger partial charge is 0.368 e. The molecule has 24 heavy (non-hydrogen) atoms. The molecule has 1 saturated heterocycles. The van der Waals surface area contributed by atoms with Gasteiger partial charge in [0.1, 0.15) is 5.82 Å². The van der Waals surface area contributed by atoms with Crippen molar-refractivity contribution in [2.75, 3.05) is 31.1 Å². The average molecular weight is 324 g/mol. The van der Waals surface area contributed by atoms with Crippen LogP contribution in [0.5, 0.6) is 0 Å². The van der Waals surface area contributed by atoms with Crippen LogP contribution < -0.4 is 4.90 Å². The van der Waals surface area contributed by atoms with Gasteiger partial charge in [0.25, 0.3) is 0 Å². The molecule has 4 heteroatoms. The van der Waals surface area contributed by atoms with Crippen molar-refractivity contribution in [3.8, 4) is 0 Å². The fourth-order valence-corrected chi connectivity index (χ4v) is 3.61. The normalized spacial score (nSPS) is 23.2. The highest BCUT2D eigenvalue weighted by atomic mass is 19.1. The van der Waals surface area contributed by atoms with Crippen molar-refractivity contribution in [2.24, 2.45) is 5.92 Å². The molecule has 1 saturated carbocycles. The van der Waals surface area contributed by atoms with E-state index in [4.69, 9.17) is 0 Å². The second-order valence-corrected chi connectivity index (χ2v) is 6.65. The zero-order chi connectivity index (χ0) is 16.5. The second-order valence-electron chi connectivity index (χ2n) is 6.65. The van der Waals surface area contributed by atoms with E-state index in [1.807, 2.05) is 23.1 Å². The molecule has 124 valence electrons. The van der Waals surface area contributed by atoms with Gasteiger partial charge >= 0.3 is 0 Å². The minimum atomic E-state index is -0.215. The van der Waals surface area contributed by atoms with Crippen molar-refractivity contribution in [1.82, 2.24) is 4.90 Å². The predicted molar refractivity (Wildman–Crippen MR) is 92.5 cm³/mol. The van der Waals surface area contributed by atoms with Crippen LogP contribution in [0.2, 0.25) is 0 Å². The molecule has 0 N–H and O–H groups in total. The van der Waals surface area contributed by atoms with Crippen molar-refractivity contribution < 1.29 is 9.18 Å². The summed E-state index contributed by atoms with van der Waals surface area (Å²) in [6, 6.07) is 16.9. The quantitative estimate of drug-likeness (QED) is 0.865. The topological polar surface area (TPSA) is 23.6 Å². The van der Waals surface area contributed by atoms with Crippen LogP contribution in [0, 0.1) is 11.7 Å². The van der Waals surface area contributed by atoms with Crippen LogP contribution in [-0.4, -0.2) is 37.0 Å². The molecule has 2 fully saturated rings. The highest BCUT2D eigenvalue weighted by Crippen LogP contribution is 2.48. The van der Waals surface area contributed by atoms with E-state index in [-0.39, 0.29) is 11.7 Å². The Morgan fingerprint density at radius 1 is 0.917 bits per heavy atom. The summed E-state index contributed by atoms with van der Waals surface area (Å²) in [5.41, 5.74) is 2.30. The molecule has 0 spiro atoms. The molecular weight excluding hydrogens is 303 g/mol. The van der Waals surface area contributed by atoms with E-state index >= 15 is 0 Å². The van der Waals surface area contributed by atoms with Crippen LogP contribution in [0.15, 0.2) is 54.6 Å². The molecule has 0 unspecified atom stereocenters. The number of rotatable bonds is 3. The molecule has 4 rings (SSSR count). The second kappa shape index (κ2) is 6.27. The lowest BCUT2D eigenvalue weighted by Crippen LogP contribution is -2.49. The summed E-state index contributed by atoms with van der Waals surface area (Å²) in [4.78, 5) is 16.9. The van der Waals surface area contributed by atoms with Crippen LogP contribution in [0.25, 0.3) is 0 Å². The summed E-state index contributed by atoms with van der Waals surface area (Å²) in [5.74, 6) is 0.634. The number of anilines is 1. The van der Waals surface area contributed by atoms with Gasteiger partial charge in [0.15, 0.2) is 0 Å². The third-order valence-corrected chi connectivity index (χ3v) is 5.12. The Morgan fingerprint density at radius 2 is 1.58 bits per heavy atom. The number of halogens is 1.